The van der Waals surface area contributed by atoms with Crippen molar-refractivity contribution in [3.05, 3.63) is 0 Å². The number of hydrogen-bond donors (Lipinski definition) is 0. The van der Waals surface area contributed by atoms with Crippen LogP contribution >= 0.6 is 15.9 Å². The number of ether oxygens (including phenoxy) is 3. The number of fused-ring (bicyclic) bond motifs is 2. The van der Waals surface area contributed by atoms with Gasteiger partial charge in [0, 0.05) is 17.9 Å². The molecule has 0 N–H and O–H groups in total. The molecular formula is C14H21BrO3. The van der Waals surface area contributed by atoms with Gasteiger partial charge in [0.1, 0.15) is 0 Å². The Labute approximate surface area is 117 Å². The van der Waals surface area contributed by atoms with Crippen molar-refractivity contribution >= 4 is 15.9 Å². The molecule has 2 bridgehead atoms. The summed E-state index contributed by atoms with van der Waals surface area (Å²) in [6.45, 7) is 0. The highest BCUT2D eigenvalue weighted by molar-refractivity contribution is 9.09. The highest BCUT2D eigenvalue weighted by atomic mass is 79.9. The summed E-state index contributed by atoms with van der Waals surface area (Å²) in [5, 5.41) is 0. The average Bonchev–Trinajstić information content (AvgIpc) is 3.02. The number of alkyl halides is 1. The van der Waals surface area contributed by atoms with Crippen LogP contribution in [0, 0.1) is 17.8 Å². The zero-order valence-electron chi connectivity index (χ0n) is 10.8. The maximum absolute atomic E-state index is 6.42. The smallest absolute Gasteiger partial charge is 0.160 e. The van der Waals surface area contributed by atoms with Crippen molar-refractivity contribution < 1.29 is 14.2 Å². The van der Waals surface area contributed by atoms with Gasteiger partial charge >= 0.3 is 0 Å². The minimum Gasteiger partial charge on any atom is -0.371 e. The summed E-state index contributed by atoms with van der Waals surface area (Å²) in [4.78, 5) is 0.551. The molecule has 3 nitrogen and oxygen atoms in total. The van der Waals surface area contributed by atoms with Crippen molar-refractivity contribution in [2.45, 2.75) is 61.5 Å². The second-order valence-corrected chi connectivity index (χ2v) is 7.41. The van der Waals surface area contributed by atoms with E-state index in [-0.39, 0.29) is 12.4 Å². The molecule has 4 heteroatoms. The van der Waals surface area contributed by atoms with Crippen LogP contribution in [0.5, 0.6) is 0 Å². The van der Waals surface area contributed by atoms with E-state index >= 15 is 0 Å². The summed E-state index contributed by atoms with van der Waals surface area (Å²) in [6.07, 6.45) is 6.97. The summed E-state index contributed by atoms with van der Waals surface area (Å²) >= 11 is 3.88. The molecule has 1 heterocycles. The van der Waals surface area contributed by atoms with E-state index in [1.165, 1.54) is 19.3 Å². The summed E-state index contributed by atoms with van der Waals surface area (Å²) in [5.74, 6) is 1.93. The van der Waals surface area contributed by atoms with E-state index in [0.717, 1.165) is 18.8 Å². The Hall–Kier alpha value is 0.360. The molecule has 0 amide bonds. The van der Waals surface area contributed by atoms with Gasteiger partial charge in [0.25, 0.3) is 0 Å². The third-order valence-corrected chi connectivity index (χ3v) is 6.77. The first-order valence-corrected chi connectivity index (χ1v) is 8.17. The number of halogens is 1. The van der Waals surface area contributed by atoms with Crippen LogP contribution in [0.1, 0.15) is 32.1 Å². The molecule has 1 saturated heterocycles. The SMILES string of the molecule is CO[C@@H]1O[C@@H]2CCC[C@@H]2O[C@H]2C3C[C@H](C[C@H]31)[C@H]2Br. The predicted molar refractivity (Wildman–Crippen MR) is 70.6 cm³/mol. The molecule has 18 heavy (non-hydrogen) atoms. The topological polar surface area (TPSA) is 27.7 Å². The van der Waals surface area contributed by atoms with Crippen LogP contribution in [0.25, 0.3) is 0 Å². The fourth-order valence-corrected chi connectivity index (χ4v) is 5.63. The minimum atomic E-state index is -0.00278. The first-order chi connectivity index (χ1) is 8.78. The lowest BCUT2D eigenvalue weighted by Crippen LogP contribution is -2.49. The monoisotopic (exact) mass is 316 g/mol. The standard InChI is InChI=1S/C14H21BrO3/c1-16-14-9-6-7-5-8(9)13(12(7)15)17-10-3-2-4-11(10)18-14/h7-14H,2-6H2,1H3/t7-,8?,9-,10+,11-,12-,13+,14-/m1/s1. The fourth-order valence-electron chi connectivity index (χ4n) is 4.68. The summed E-state index contributed by atoms with van der Waals surface area (Å²) in [7, 11) is 1.80. The highest BCUT2D eigenvalue weighted by Gasteiger charge is 2.57. The van der Waals surface area contributed by atoms with Crippen LogP contribution in [-0.2, 0) is 14.2 Å². The van der Waals surface area contributed by atoms with Gasteiger partial charge in [0.15, 0.2) is 6.29 Å². The number of rotatable bonds is 1. The van der Waals surface area contributed by atoms with E-state index < -0.39 is 0 Å². The van der Waals surface area contributed by atoms with Crippen molar-refractivity contribution in [1.82, 2.24) is 0 Å². The summed E-state index contributed by atoms with van der Waals surface area (Å²) < 4.78 is 18.3. The maximum atomic E-state index is 6.42. The molecule has 1 unspecified atom stereocenters. The molecule has 4 fully saturated rings. The van der Waals surface area contributed by atoms with Crippen LogP contribution in [0.2, 0.25) is 0 Å². The Kier molecular flexibility index (Phi) is 2.99. The Morgan fingerprint density at radius 3 is 2.50 bits per heavy atom. The van der Waals surface area contributed by atoms with Crippen LogP contribution < -0.4 is 0 Å². The molecule has 4 rings (SSSR count). The van der Waals surface area contributed by atoms with Crippen molar-refractivity contribution in [3.8, 4) is 0 Å². The highest BCUT2D eigenvalue weighted by Crippen LogP contribution is 2.56. The summed E-state index contributed by atoms with van der Waals surface area (Å²) in [6, 6.07) is 0. The van der Waals surface area contributed by atoms with Gasteiger partial charge in [-0.25, -0.2) is 0 Å². The quantitative estimate of drug-likeness (QED) is 0.696. The Bertz CT molecular complexity index is 337. The molecule has 0 radical (unpaired) electrons. The third-order valence-electron chi connectivity index (χ3n) is 5.50. The summed E-state index contributed by atoms with van der Waals surface area (Å²) in [5.41, 5.74) is 0. The van der Waals surface area contributed by atoms with E-state index in [0.29, 0.717) is 28.9 Å². The van der Waals surface area contributed by atoms with Gasteiger partial charge < -0.3 is 14.2 Å². The van der Waals surface area contributed by atoms with Crippen LogP contribution in [-0.4, -0.2) is 36.5 Å². The zero-order chi connectivity index (χ0) is 12.3. The second-order valence-electron chi connectivity index (χ2n) is 6.35. The Morgan fingerprint density at radius 1 is 1.06 bits per heavy atom. The number of hydrogen-bond acceptors (Lipinski definition) is 3. The first kappa shape index (κ1) is 12.1. The van der Waals surface area contributed by atoms with Crippen molar-refractivity contribution in [2.24, 2.45) is 17.8 Å². The van der Waals surface area contributed by atoms with Gasteiger partial charge in [0.05, 0.1) is 18.3 Å². The van der Waals surface area contributed by atoms with Crippen LogP contribution in [0.4, 0.5) is 0 Å². The van der Waals surface area contributed by atoms with Gasteiger partial charge in [-0.3, -0.25) is 0 Å². The Morgan fingerprint density at radius 2 is 1.78 bits per heavy atom. The van der Waals surface area contributed by atoms with E-state index in [4.69, 9.17) is 14.2 Å². The van der Waals surface area contributed by atoms with E-state index in [1.54, 1.807) is 7.11 Å². The molecule has 0 aromatic carbocycles. The molecule has 8 atom stereocenters. The van der Waals surface area contributed by atoms with Crippen molar-refractivity contribution in [3.63, 3.8) is 0 Å². The normalized spacial score (nSPS) is 58.3. The fraction of sp³-hybridized carbons (Fsp3) is 1.00. The van der Waals surface area contributed by atoms with Crippen LogP contribution in [0.15, 0.2) is 0 Å². The first-order valence-electron chi connectivity index (χ1n) is 7.25. The van der Waals surface area contributed by atoms with E-state index in [2.05, 4.69) is 15.9 Å². The van der Waals surface area contributed by atoms with E-state index in [9.17, 15) is 0 Å². The molecular weight excluding hydrogens is 296 g/mol. The molecule has 0 spiro atoms. The van der Waals surface area contributed by atoms with Gasteiger partial charge in [-0.1, -0.05) is 15.9 Å². The maximum Gasteiger partial charge on any atom is 0.160 e. The third kappa shape index (κ3) is 1.65. The Balaban J connectivity index is 1.64. The van der Waals surface area contributed by atoms with Crippen molar-refractivity contribution in [1.29, 1.82) is 0 Å². The molecule has 3 saturated carbocycles. The molecule has 4 aliphatic rings. The number of methoxy groups -OCH3 is 1. The van der Waals surface area contributed by atoms with Crippen LogP contribution in [0.3, 0.4) is 0 Å². The predicted octanol–water partition coefficient (Wildman–Crippen LogP) is 2.71. The molecule has 3 aliphatic carbocycles. The van der Waals surface area contributed by atoms with E-state index in [1.807, 2.05) is 0 Å². The molecule has 0 aromatic heterocycles. The lowest BCUT2D eigenvalue weighted by atomic mass is 9.85. The van der Waals surface area contributed by atoms with Gasteiger partial charge in [-0.15, -0.1) is 0 Å². The molecule has 0 aromatic rings. The largest absolute Gasteiger partial charge is 0.371 e. The second kappa shape index (κ2) is 4.44. The average molecular weight is 317 g/mol. The molecule has 102 valence electrons. The minimum absolute atomic E-state index is 0.00278. The van der Waals surface area contributed by atoms with Gasteiger partial charge in [-0.2, -0.15) is 0 Å². The van der Waals surface area contributed by atoms with Gasteiger partial charge in [0.2, 0.25) is 0 Å². The van der Waals surface area contributed by atoms with Gasteiger partial charge in [-0.05, 0) is 43.9 Å². The lowest BCUT2D eigenvalue weighted by molar-refractivity contribution is -0.245. The lowest BCUT2D eigenvalue weighted by Gasteiger charge is -2.42. The van der Waals surface area contributed by atoms with Crippen molar-refractivity contribution in [2.75, 3.05) is 7.11 Å². The zero-order valence-corrected chi connectivity index (χ0v) is 12.3. The molecule has 1 aliphatic heterocycles.